The summed E-state index contributed by atoms with van der Waals surface area (Å²) >= 11 is 0. The molecule has 1 rings (SSSR count). The molecule has 0 unspecified atom stereocenters. The highest BCUT2D eigenvalue weighted by molar-refractivity contribution is 4.85. The van der Waals surface area contributed by atoms with Gasteiger partial charge in [-0.1, -0.05) is 20.8 Å². The quantitative estimate of drug-likeness (QED) is 0.644. The standard InChI is InChI=1S/C15H33N3/c1-6-9-18(11-10-17(4)5)13-15(2,3)12-16-14-7-8-14/h14,16H,6-13H2,1-5H3. The summed E-state index contributed by atoms with van der Waals surface area (Å²) in [6.07, 6.45) is 4.02. The van der Waals surface area contributed by atoms with Crippen molar-refractivity contribution in [2.45, 2.75) is 46.1 Å². The summed E-state index contributed by atoms with van der Waals surface area (Å²) in [5.74, 6) is 0. The molecule has 0 heterocycles. The van der Waals surface area contributed by atoms with E-state index in [0.717, 1.165) is 19.1 Å². The van der Waals surface area contributed by atoms with Crippen LogP contribution in [0.4, 0.5) is 0 Å². The van der Waals surface area contributed by atoms with Crippen LogP contribution >= 0.6 is 0 Å². The molecule has 0 atom stereocenters. The van der Waals surface area contributed by atoms with Crippen LogP contribution in [0.2, 0.25) is 0 Å². The van der Waals surface area contributed by atoms with E-state index < -0.39 is 0 Å². The third kappa shape index (κ3) is 7.34. The lowest BCUT2D eigenvalue weighted by Crippen LogP contribution is -2.43. The highest BCUT2D eigenvalue weighted by atomic mass is 15.2. The zero-order chi connectivity index (χ0) is 13.6. The Morgan fingerprint density at radius 1 is 1.11 bits per heavy atom. The summed E-state index contributed by atoms with van der Waals surface area (Å²) < 4.78 is 0. The minimum Gasteiger partial charge on any atom is -0.313 e. The molecule has 0 amide bonds. The largest absolute Gasteiger partial charge is 0.313 e. The SMILES string of the molecule is CCCN(CCN(C)C)CC(C)(C)CNC1CC1. The van der Waals surface area contributed by atoms with Crippen molar-refractivity contribution in [2.24, 2.45) is 5.41 Å². The van der Waals surface area contributed by atoms with Gasteiger partial charge in [0.1, 0.15) is 0 Å². The van der Waals surface area contributed by atoms with Crippen LogP contribution in [-0.4, -0.2) is 62.7 Å². The van der Waals surface area contributed by atoms with E-state index in [9.17, 15) is 0 Å². The molecular formula is C15H33N3. The fraction of sp³-hybridized carbons (Fsp3) is 1.00. The second-order valence-electron chi connectivity index (χ2n) is 6.90. The molecule has 0 spiro atoms. The van der Waals surface area contributed by atoms with Gasteiger partial charge in [-0.05, 0) is 45.3 Å². The van der Waals surface area contributed by atoms with Crippen LogP contribution in [0, 0.1) is 5.41 Å². The smallest absolute Gasteiger partial charge is 0.0109 e. The molecule has 1 aliphatic carbocycles. The van der Waals surface area contributed by atoms with E-state index in [1.165, 1.54) is 38.9 Å². The van der Waals surface area contributed by atoms with Crippen LogP contribution in [-0.2, 0) is 0 Å². The van der Waals surface area contributed by atoms with E-state index in [1.54, 1.807) is 0 Å². The van der Waals surface area contributed by atoms with Crippen LogP contribution in [0.5, 0.6) is 0 Å². The maximum absolute atomic E-state index is 3.67. The van der Waals surface area contributed by atoms with Gasteiger partial charge in [-0.3, -0.25) is 0 Å². The zero-order valence-corrected chi connectivity index (χ0v) is 13.1. The van der Waals surface area contributed by atoms with Gasteiger partial charge in [-0.25, -0.2) is 0 Å². The van der Waals surface area contributed by atoms with Crippen molar-refractivity contribution in [1.29, 1.82) is 0 Å². The Morgan fingerprint density at radius 2 is 1.78 bits per heavy atom. The third-order valence-corrected chi connectivity index (χ3v) is 3.50. The predicted octanol–water partition coefficient (Wildman–Crippen LogP) is 2.04. The second kappa shape index (κ2) is 7.46. The number of nitrogens with zero attached hydrogens (tertiary/aromatic N) is 2. The average Bonchev–Trinajstić information content (AvgIpc) is 3.07. The summed E-state index contributed by atoms with van der Waals surface area (Å²) in [6, 6.07) is 0.825. The maximum Gasteiger partial charge on any atom is 0.0109 e. The van der Waals surface area contributed by atoms with Gasteiger partial charge in [-0.15, -0.1) is 0 Å². The monoisotopic (exact) mass is 255 g/mol. The lowest BCUT2D eigenvalue weighted by Gasteiger charge is -2.33. The van der Waals surface area contributed by atoms with E-state index in [-0.39, 0.29) is 0 Å². The Labute approximate surface area is 114 Å². The Kier molecular flexibility index (Phi) is 6.61. The summed E-state index contributed by atoms with van der Waals surface area (Å²) in [5, 5.41) is 3.67. The Balaban J connectivity index is 2.30. The number of likely N-dealkylation sites (N-methyl/N-ethyl adjacent to an activating group) is 1. The van der Waals surface area contributed by atoms with Gasteiger partial charge in [0.05, 0.1) is 0 Å². The predicted molar refractivity (Wildman–Crippen MR) is 80.1 cm³/mol. The molecule has 0 bridgehead atoms. The first kappa shape index (κ1) is 15.9. The molecule has 1 saturated carbocycles. The summed E-state index contributed by atoms with van der Waals surface area (Å²) in [6.45, 7) is 13.0. The number of nitrogens with one attached hydrogen (secondary N) is 1. The molecule has 0 aromatic carbocycles. The van der Waals surface area contributed by atoms with E-state index in [4.69, 9.17) is 0 Å². The number of hydrogen-bond acceptors (Lipinski definition) is 3. The van der Waals surface area contributed by atoms with Crippen LogP contribution in [0.25, 0.3) is 0 Å². The van der Waals surface area contributed by atoms with Crippen LogP contribution in [0.1, 0.15) is 40.0 Å². The molecular weight excluding hydrogens is 222 g/mol. The Bertz CT molecular complexity index is 222. The van der Waals surface area contributed by atoms with Gasteiger partial charge < -0.3 is 15.1 Å². The Hall–Kier alpha value is -0.120. The zero-order valence-electron chi connectivity index (χ0n) is 13.1. The molecule has 3 nitrogen and oxygen atoms in total. The van der Waals surface area contributed by atoms with Gasteiger partial charge in [0.15, 0.2) is 0 Å². The van der Waals surface area contributed by atoms with E-state index in [1.807, 2.05) is 0 Å². The van der Waals surface area contributed by atoms with Crippen LogP contribution in [0.15, 0.2) is 0 Å². The fourth-order valence-electron chi connectivity index (χ4n) is 2.30. The van der Waals surface area contributed by atoms with Gasteiger partial charge in [0.25, 0.3) is 0 Å². The summed E-state index contributed by atoms with van der Waals surface area (Å²) in [5.41, 5.74) is 0.379. The minimum atomic E-state index is 0.379. The molecule has 0 radical (unpaired) electrons. The molecule has 108 valence electrons. The molecule has 0 aromatic heterocycles. The van der Waals surface area contributed by atoms with Crippen molar-refractivity contribution in [2.75, 3.05) is 46.8 Å². The van der Waals surface area contributed by atoms with Crippen molar-refractivity contribution < 1.29 is 0 Å². The summed E-state index contributed by atoms with van der Waals surface area (Å²) in [4.78, 5) is 4.90. The van der Waals surface area contributed by atoms with Crippen LogP contribution in [0.3, 0.4) is 0 Å². The Morgan fingerprint density at radius 3 is 2.28 bits per heavy atom. The van der Waals surface area contributed by atoms with E-state index >= 15 is 0 Å². The summed E-state index contributed by atoms with van der Waals surface area (Å²) in [7, 11) is 4.31. The molecule has 0 aliphatic heterocycles. The lowest BCUT2D eigenvalue weighted by molar-refractivity contribution is 0.162. The minimum absolute atomic E-state index is 0.379. The maximum atomic E-state index is 3.67. The van der Waals surface area contributed by atoms with Gasteiger partial charge >= 0.3 is 0 Å². The van der Waals surface area contributed by atoms with Gasteiger partial charge in [0.2, 0.25) is 0 Å². The third-order valence-electron chi connectivity index (χ3n) is 3.50. The van der Waals surface area contributed by atoms with Crippen molar-refractivity contribution in [3.8, 4) is 0 Å². The van der Waals surface area contributed by atoms with Gasteiger partial charge in [0, 0.05) is 32.2 Å². The van der Waals surface area contributed by atoms with Crippen LogP contribution < -0.4 is 5.32 Å². The topological polar surface area (TPSA) is 18.5 Å². The normalized spacial score (nSPS) is 16.8. The van der Waals surface area contributed by atoms with E-state index in [0.29, 0.717) is 5.41 Å². The highest BCUT2D eigenvalue weighted by Crippen LogP contribution is 2.22. The van der Waals surface area contributed by atoms with Crippen molar-refractivity contribution in [3.05, 3.63) is 0 Å². The number of hydrogen-bond donors (Lipinski definition) is 1. The molecule has 0 aromatic rings. The first-order valence-corrected chi connectivity index (χ1v) is 7.53. The molecule has 3 heteroatoms. The highest BCUT2D eigenvalue weighted by Gasteiger charge is 2.26. The molecule has 18 heavy (non-hydrogen) atoms. The average molecular weight is 255 g/mol. The lowest BCUT2D eigenvalue weighted by atomic mass is 9.92. The van der Waals surface area contributed by atoms with Crippen molar-refractivity contribution in [1.82, 2.24) is 15.1 Å². The molecule has 1 N–H and O–H groups in total. The first-order valence-electron chi connectivity index (χ1n) is 7.53. The van der Waals surface area contributed by atoms with Gasteiger partial charge in [-0.2, -0.15) is 0 Å². The molecule has 0 saturated heterocycles. The molecule has 1 fully saturated rings. The van der Waals surface area contributed by atoms with E-state index in [2.05, 4.69) is 50.0 Å². The second-order valence-corrected chi connectivity index (χ2v) is 6.90. The fourth-order valence-corrected chi connectivity index (χ4v) is 2.30. The number of rotatable bonds is 10. The molecule has 1 aliphatic rings. The van der Waals surface area contributed by atoms with Crippen molar-refractivity contribution >= 4 is 0 Å². The van der Waals surface area contributed by atoms with Crippen molar-refractivity contribution in [3.63, 3.8) is 0 Å². The first-order chi connectivity index (χ1) is 8.43.